The van der Waals surface area contributed by atoms with Crippen LogP contribution in [0.25, 0.3) is 0 Å². The number of carbonyl (C=O) groups is 1. The van der Waals surface area contributed by atoms with E-state index in [4.69, 9.17) is 0 Å². The molecule has 7 nitrogen and oxygen atoms in total. The molecule has 0 fully saturated rings. The van der Waals surface area contributed by atoms with Crippen molar-refractivity contribution in [3.8, 4) is 0 Å². The highest BCUT2D eigenvalue weighted by Gasteiger charge is 2.40. The zero-order chi connectivity index (χ0) is 18.9. The number of rotatable bonds is 5. The molecule has 0 aliphatic carbocycles. The second kappa shape index (κ2) is 6.72. The van der Waals surface area contributed by atoms with Crippen LogP contribution in [0.1, 0.15) is 21.8 Å². The molecule has 0 saturated heterocycles. The summed E-state index contributed by atoms with van der Waals surface area (Å²) in [5, 5.41) is 10.8. The zero-order valence-corrected chi connectivity index (χ0v) is 14.7. The Hall–Kier alpha value is -3.00. The number of carbonyl (C=O) groups excluding carboxylic acids is 1. The minimum absolute atomic E-state index is 0.0679. The number of nitro groups is 1. The van der Waals surface area contributed by atoms with Gasteiger partial charge in [-0.05, 0) is 5.56 Å². The molecule has 0 radical (unpaired) electrons. The van der Waals surface area contributed by atoms with Crippen LogP contribution in [0.5, 0.6) is 0 Å². The van der Waals surface area contributed by atoms with Crippen LogP contribution in [0.2, 0.25) is 0 Å². The van der Waals surface area contributed by atoms with Crippen LogP contribution >= 0.6 is 0 Å². The fourth-order valence-corrected chi connectivity index (χ4v) is 3.94. The predicted molar refractivity (Wildman–Crippen MR) is 96.2 cm³/mol. The van der Waals surface area contributed by atoms with Crippen molar-refractivity contribution in [1.82, 2.24) is 4.31 Å². The standard InChI is InChI=1S/C18H16N2O5S/c1-26(24,25)19-12-11-16(13-7-9-15(10-8-13)20(22)23)17(19)18(21)14-5-3-2-4-6-14/h2-12,16-17H,1H3/t16-,17+/m0/s1. The maximum absolute atomic E-state index is 13.0. The summed E-state index contributed by atoms with van der Waals surface area (Å²) in [5.41, 5.74) is 0.968. The number of nitro benzene ring substituents is 1. The maximum Gasteiger partial charge on any atom is 0.269 e. The van der Waals surface area contributed by atoms with E-state index in [0.717, 1.165) is 10.6 Å². The molecule has 1 heterocycles. The Morgan fingerprint density at radius 2 is 1.69 bits per heavy atom. The molecule has 0 bridgehead atoms. The van der Waals surface area contributed by atoms with Gasteiger partial charge in [0.15, 0.2) is 5.78 Å². The van der Waals surface area contributed by atoms with Gasteiger partial charge < -0.3 is 0 Å². The average molecular weight is 372 g/mol. The number of non-ortho nitro benzene ring substituents is 1. The molecule has 0 N–H and O–H groups in total. The summed E-state index contributed by atoms with van der Waals surface area (Å²) in [5.74, 6) is -0.859. The number of Topliss-reactive ketones (excluding diaryl/α,β-unsaturated/α-hetero) is 1. The Kier molecular flexibility index (Phi) is 4.60. The second-order valence-corrected chi connectivity index (χ2v) is 7.87. The molecule has 3 rings (SSSR count). The Balaban J connectivity index is 2.02. The van der Waals surface area contributed by atoms with Gasteiger partial charge in [-0.1, -0.05) is 48.5 Å². The van der Waals surface area contributed by atoms with E-state index in [1.807, 2.05) is 0 Å². The highest BCUT2D eigenvalue weighted by atomic mass is 32.2. The van der Waals surface area contributed by atoms with E-state index in [0.29, 0.717) is 11.1 Å². The molecular weight excluding hydrogens is 356 g/mol. The summed E-state index contributed by atoms with van der Waals surface area (Å²) >= 11 is 0. The molecule has 26 heavy (non-hydrogen) atoms. The fourth-order valence-electron chi connectivity index (χ4n) is 3.01. The SMILES string of the molecule is CS(=O)(=O)N1C=C[C@@H](c2ccc([N+](=O)[O-])cc2)[C@@H]1C(=O)c1ccccc1. The van der Waals surface area contributed by atoms with Gasteiger partial charge in [0.05, 0.1) is 11.2 Å². The zero-order valence-electron chi connectivity index (χ0n) is 13.8. The van der Waals surface area contributed by atoms with E-state index in [1.165, 1.54) is 18.3 Å². The number of nitrogens with zero attached hydrogens (tertiary/aromatic N) is 2. The molecule has 0 amide bonds. The number of hydrogen-bond donors (Lipinski definition) is 0. The summed E-state index contributed by atoms with van der Waals surface area (Å²) in [6.45, 7) is 0. The van der Waals surface area contributed by atoms with E-state index in [9.17, 15) is 23.3 Å². The van der Waals surface area contributed by atoms with Crippen LogP contribution in [0.3, 0.4) is 0 Å². The van der Waals surface area contributed by atoms with Crippen molar-refractivity contribution in [2.45, 2.75) is 12.0 Å². The van der Waals surface area contributed by atoms with Crippen molar-refractivity contribution in [2.75, 3.05) is 6.26 Å². The molecule has 2 aromatic rings. The molecular formula is C18H16N2O5S. The summed E-state index contributed by atoms with van der Waals surface area (Å²) in [6.07, 6.45) is 4.06. The van der Waals surface area contributed by atoms with E-state index in [1.54, 1.807) is 48.5 Å². The van der Waals surface area contributed by atoms with E-state index < -0.39 is 26.9 Å². The molecule has 134 valence electrons. The minimum atomic E-state index is -3.65. The Morgan fingerprint density at radius 3 is 2.23 bits per heavy atom. The van der Waals surface area contributed by atoms with Crippen LogP contribution < -0.4 is 0 Å². The first-order chi connectivity index (χ1) is 12.3. The van der Waals surface area contributed by atoms with Crippen molar-refractivity contribution in [3.05, 3.63) is 88.1 Å². The third kappa shape index (κ3) is 3.36. The minimum Gasteiger partial charge on any atom is -0.292 e. The van der Waals surface area contributed by atoms with Crippen LogP contribution in [-0.2, 0) is 10.0 Å². The maximum atomic E-state index is 13.0. The van der Waals surface area contributed by atoms with Gasteiger partial charge in [0.2, 0.25) is 10.0 Å². The normalized spacial score (nSPS) is 19.5. The number of hydrogen-bond acceptors (Lipinski definition) is 5. The van der Waals surface area contributed by atoms with Crippen molar-refractivity contribution in [2.24, 2.45) is 0 Å². The first kappa shape index (κ1) is 17.8. The van der Waals surface area contributed by atoms with Crippen molar-refractivity contribution in [1.29, 1.82) is 0 Å². The second-order valence-electron chi connectivity index (χ2n) is 5.98. The predicted octanol–water partition coefficient (Wildman–Crippen LogP) is 2.72. The lowest BCUT2D eigenvalue weighted by molar-refractivity contribution is -0.384. The Bertz CT molecular complexity index is 968. The average Bonchev–Trinajstić information content (AvgIpc) is 3.07. The Labute approximate surface area is 150 Å². The molecule has 2 atom stereocenters. The van der Waals surface area contributed by atoms with Crippen molar-refractivity contribution in [3.63, 3.8) is 0 Å². The summed E-state index contributed by atoms with van der Waals surface area (Å²) in [7, 11) is -3.65. The first-order valence-electron chi connectivity index (χ1n) is 7.79. The number of ketones is 1. The molecule has 0 unspecified atom stereocenters. The van der Waals surface area contributed by atoms with E-state index in [-0.39, 0.29) is 11.5 Å². The van der Waals surface area contributed by atoms with Gasteiger partial charge in [-0.15, -0.1) is 0 Å². The van der Waals surface area contributed by atoms with Gasteiger partial charge >= 0.3 is 0 Å². The summed E-state index contributed by atoms with van der Waals surface area (Å²) < 4.78 is 25.3. The van der Waals surface area contributed by atoms with Gasteiger partial charge in [-0.2, -0.15) is 0 Å². The third-order valence-corrected chi connectivity index (χ3v) is 5.37. The van der Waals surface area contributed by atoms with Crippen molar-refractivity contribution >= 4 is 21.5 Å². The quantitative estimate of drug-likeness (QED) is 0.457. The van der Waals surface area contributed by atoms with Crippen molar-refractivity contribution < 1.29 is 18.1 Å². The molecule has 2 aromatic carbocycles. The molecule has 0 saturated carbocycles. The van der Waals surface area contributed by atoms with Crippen LogP contribution in [0.15, 0.2) is 66.9 Å². The lowest BCUT2D eigenvalue weighted by Gasteiger charge is -2.27. The van der Waals surface area contributed by atoms with Crippen LogP contribution in [0.4, 0.5) is 5.69 Å². The Morgan fingerprint density at radius 1 is 1.08 bits per heavy atom. The first-order valence-corrected chi connectivity index (χ1v) is 9.64. The highest BCUT2D eigenvalue weighted by molar-refractivity contribution is 7.88. The molecule has 0 spiro atoms. The molecule has 1 aliphatic rings. The van der Waals surface area contributed by atoms with Gasteiger partial charge in [0.25, 0.3) is 5.69 Å². The van der Waals surface area contributed by atoms with Crippen LogP contribution in [-0.4, -0.2) is 35.7 Å². The van der Waals surface area contributed by atoms with E-state index in [2.05, 4.69) is 0 Å². The van der Waals surface area contributed by atoms with Gasteiger partial charge in [0, 0.05) is 29.8 Å². The lowest BCUT2D eigenvalue weighted by Crippen LogP contribution is -2.41. The smallest absolute Gasteiger partial charge is 0.269 e. The molecule has 0 aromatic heterocycles. The van der Waals surface area contributed by atoms with E-state index >= 15 is 0 Å². The third-order valence-electron chi connectivity index (χ3n) is 4.25. The highest BCUT2D eigenvalue weighted by Crippen LogP contribution is 2.35. The summed E-state index contributed by atoms with van der Waals surface area (Å²) in [4.78, 5) is 23.3. The number of benzene rings is 2. The molecule has 1 aliphatic heterocycles. The topological polar surface area (TPSA) is 97.6 Å². The molecule has 8 heteroatoms. The van der Waals surface area contributed by atoms with Gasteiger partial charge in [-0.3, -0.25) is 19.2 Å². The number of sulfonamides is 1. The van der Waals surface area contributed by atoms with Gasteiger partial charge in [-0.25, -0.2) is 8.42 Å². The largest absolute Gasteiger partial charge is 0.292 e. The monoisotopic (exact) mass is 372 g/mol. The lowest BCUT2D eigenvalue weighted by atomic mass is 9.88. The van der Waals surface area contributed by atoms with Crippen LogP contribution in [0, 0.1) is 10.1 Å². The van der Waals surface area contributed by atoms with Gasteiger partial charge in [0.1, 0.15) is 6.04 Å². The summed E-state index contributed by atoms with van der Waals surface area (Å²) in [6, 6.07) is 13.3. The fraction of sp³-hybridized carbons (Fsp3) is 0.167.